The Balaban J connectivity index is 0.00000121. The molecule has 6 nitrogen and oxygen atoms in total. The van der Waals surface area contributed by atoms with Crippen molar-refractivity contribution in [3.05, 3.63) is 51.5 Å². The van der Waals surface area contributed by atoms with Crippen molar-refractivity contribution in [1.82, 2.24) is 15.0 Å². The monoisotopic (exact) mass is 409 g/mol. The van der Waals surface area contributed by atoms with Crippen LogP contribution in [-0.4, -0.2) is 26.3 Å². The van der Waals surface area contributed by atoms with Crippen molar-refractivity contribution in [1.29, 1.82) is 0 Å². The second-order valence-corrected chi connectivity index (χ2v) is 6.44. The lowest BCUT2D eigenvalue weighted by Gasteiger charge is -2.01. The van der Waals surface area contributed by atoms with Gasteiger partial charge in [-0.3, -0.25) is 0 Å². The van der Waals surface area contributed by atoms with Crippen LogP contribution in [0.1, 0.15) is 21.7 Å². The van der Waals surface area contributed by atoms with Gasteiger partial charge in [-0.15, -0.1) is 36.2 Å². The number of rotatable bonds is 4. The van der Waals surface area contributed by atoms with Crippen LogP contribution in [0.2, 0.25) is 0 Å². The van der Waals surface area contributed by atoms with Crippen molar-refractivity contribution in [2.24, 2.45) is 4.99 Å². The molecule has 0 unspecified atom stereocenters. The first-order chi connectivity index (χ1) is 11.7. The third-order valence-corrected chi connectivity index (χ3v) is 4.84. The molecule has 1 aliphatic rings. The van der Waals surface area contributed by atoms with Gasteiger partial charge in [0.1, 0.15) is 5.69 Å². The predicted octanol–water partition coefficient (Wildman–Crippen LogP) is 4.59. The molecule has 0 radical (unpaired) electrons. The Bertz CT molecular complexity index is 964. The molecule has 0 aliphatic carbocycles. The lowest BCUT2D eigenvalue weighted by Crippen LogP contribution is -2.00. The Morgan fingerprint density at radius 2 is 2.15 bits per heavy atom. The van der Waals surface area contributed by atoms with Crippen molar-refractivity contribution < 1.29 is 5.11 Å². The third-order valence-electron chi connectivity index (χ3n) is 3.82. The number of aromatic nitrogens is 3. The molecule has 0 saturated heterocycles. The van der Waals surface area contributed by atoms with Gasteiger partial charge >= 0.3 is 0 Å². The van der Waals surface area contributed by atoms with Crippen molar-refractivity contribution >= 4 is 65.8 Å². The number of aromatic hydroxyl groups is 1. The van der Waals surface area contributed by atoms with Crippen LogP contribution >= 0.6 is 36.2 Å². The number of aromatic amines is 1. The number of fused-ring (bicyclic) bond motifs is 1. The number of pyridine rings is 1. The molecule has 3 N–H and O–H groups in total. The standard InChI is InChI=1S/C17H15N5OS.2ClH/c1-10-4-6-24-14(10)9-20-17-21-13(16(23)22-17)7-11-8-19-15-12(11)3-2-5-18-15;;/h2-8,23H,9H2,1H3,(H2,20,21,22);2*1H. The zero-order chi connectivity index (χ0) is 16.5. The number of nitrogens with one attached hydrogen (secondary N) is 2. The van der Waals surface area contributed by atoms with Crippen molar-refractivity contribution in [3.8, 4) is 5.88 Å². The molecule has 3 aromatic heterocycles. The van der Waals surface area contributed by atoms with Gasteiger partial charge in [0.25, 0.3) is 0 Å². The Morgan fingerprint density at radius 3 is 2.92 bits per heavy atom. The minimum Gasteiger partial charge on any atom is -0.492 e. The van der Waals surface area contributed by atoms with Gasteiger partial charge in [0, 0.05) is 28.4 Å². The third kappa shape index (κ3) is 3.90. The zero-order valence-electron chi connectivity index (χ0n) is 13.8. The fourth-order valence-electron chi connectivity index (χ4n) is 2.51. The van der Waals surface area contributed by atoms with Crippen LogP contribution in [0.25, 0.3) is 11.6 Å². The molecule has 26 heavy (non-hydrogen) atoms. The average Bonchev–Trinajstić information content (AvgIpc) is 3.27. The van der Waals surface area contributed by atoms with Gasteiger partial charge in [-0.25, -0.2) is 9.98 Å². The number of thiophene rings is 1. The van der Waals surface area contributed by atoms with Crippen LogP contribution in [-0.2, 0) is 6.54 Å². The molecule has 0 aromatic carbocycles. The normalized spacial score (nSPS) is 13.2. The fourth-order valence-corrected chi connectivity index (χ4v) is 3.35. The highest BCUT2D eigenvalue weighted by atomic mass is 35.5. The number of imidazole rings is 1. The number of anilines is 1. The molecule has 9 heteroatoms. The van der Waals surface area contributed by atoms with Crippen LogP contribution in [0.15, 0.2) is 34.8 Å². The summed E-state index contributed by atoms with van der Waals surface area (Å²) in [5.74, 6) is 1.18. The van der Waals surface area contributed by atoms with Crippen LogP contribution in [0.5, 0.6) is 5.88 Å². The minimum absolute atomic E-state index is 0. The Kier molecular flexibility index (Phi) is 6.42. The summed E-state index contributed by atoms with van der Waals surface area (Å²) in [6.45, 7) is 2.74. The summed E-state index contributed by atoms with van der Waals surface area (Å²) in [5, 5.41) is 15.3. The first-order valence-electron chi connectivity index (χ1n) is 7.47. The van der Waals surface area contributed by atoms with E-state index < -0.39 is 0 Å². The summed E-state index contributed by atoms with van der Waals surface area (Å²) < 4.78 is 0. The fraction of sp³-hybridized carbons (Fsp3) is 0.118. The molecular formula is C17H17Cl2N5OS. The SMILES string of the molecule is Cc1ccsc1CNc1nc(O)c(C=C2C=Nc3ncccc32)[nH]1.Cl.Cl. The van der Waals surface area contributed by atoms with Crippen molar-refractivity contribution in [3.63, 3.8) is 0 Å². The molecule has 136 valence electrons. The minimum atomic E-state index is -0.0429. The topological polar surface area (TPSA) is 86.2 Å². The van der Waals surface area contributed by atoms with Gasteiger partial charge in [-0.05, 0) is 42.1 Å². The molecule has 0 saturated carbocycles. The quantitative estimate of drug-likeness (QED) is 0.587. The first kappa shape index (κ1) is 20.0. The van der Waals surface area contributed by atoms with E-state index in [1.165, 1.54) is 10.4 Å². The van der Waals surface area contributed by atoms with Crippen LogP contribution < -0.4 is 5.32 Å². The Hall–Kier alpha value is -2.35. The summed E-state index contributed by atoms with van der Waals surface area (Å²) in [6.07, 6.45) is 5.27. The zero-order valence-corrected chi connectivity index (χ0v) is 16.2. The summed E-state index contributed by atoms with van der Waals surface area (Å²) in [7, 11) is 0. The predicted molar refractivity (Wildman–Crippen MR) is 111 cm³/mol. The van der Waals surface area contributed by atoms with Crippen LogP contribution in [0.3, 0.4) is 0 Å². The molecule has 0 bridgehead atoms. The van der Waals surface area contributed by atoms with E-state index in [4.69, 9.17) is 0 Å². The number of aryl methyl sites for hydroxylation is 1. The molecule has 4 rings (SSSR count). The lowest BCUT2D eigenvalue weighted by molar-refractivity contribution is 0.455. The maximum Gasteiger partial charge on any atom is 0.238 e. The number of aliphatic imine (C=N–C) groups is 1. The van der Waals surface area contributed by atoms with E-state index in [9.17, 15) is 5.11 Å². The molecule has 1 aliphatic heterocycles. The van der Waals surface area contributed by atoms with Crippen LogP contribution in [0.4, 0.5) is 11.8 Å². The van der Waals surface area contributed by atoms with E-state index >= 15 is 0 Å². The summed E-state index contributed by atoms with van der Waals surface area (Å²) in [4.78, 5) is 16.9. The molecule has 0 spiro atoms. The second kappa shape index (κ2) is 8.35. The summed E-state index contributed by atoms with van der Waals surface area (Å²) in [5.41, 5.74) is 3.61. The molecular weight excluding hydrogens is 393 g/mol. The second-order valence-electron chi connectivity index (χ2n) is 5.44. The maximum atomic E-state index is 10.1. The van der Waals surface area contributed by atoms with Gasteiger partial charge in [0.2, 0.25) is 11.8 Å². The number of nitrogens with zero attached hydrogens (tertiary/aromatic N) is 3. The summed E-state index contributed by atoms with van der Waals surface area (Å²) in [6, 6.07) is 5.90. The number of allylic oxidation sites excluding steroid dienone is 1. The number of hydrogen-bond acceptors (Lipinski definition) is 6. The van der Waals surface area contributed by atoms with E-state index in [0.717, 1.165) is 11.1 Å². The molecule has 0 fully saturated rings. The Morgan fingerprint density at radius 1 is 1.31 bits per heavy atom. The van der Waals surface area contributed by atoms with E-state index in [2.05, 4.69) is 43.6 Å². The molecule has 4 heterocycles. The largest absolute Gasteiger partial charge is 0.492 e. The highest BCUT2D eigenvalue weighted by Gasteiger charge is 2.15. The van der Waals surface area contributed by atoms with Gasteiger partial charge in [0.05, 0.1) is 6.54 Å². The molecule has 3 aromatic rings. The van der Waals surface area contributed by atoms with E-state index in [-0.39, 0.29) is 30.7 Å². The van der Waals surface area contributed by atoms with Crippen molar-refractivity contribution in [2.75, 3.05) is 5.32 Å². The highest BCUT2D eigenvalue weighted by Crippen LogP contribution is 2.31. The lowest BCUT2D eigenvalue weighted by atomic mass is 10.1. The van der Waals surface area contributed by atoms with Crippen molar-refractivity contribution in [2.45, 2.75) is 13.5 Å². The number of halogens is 2. The smallest absolute Gasteiger partial charge is 0.238 e. The number of hydrogen-bond donors (Lipinski definition) is 3. The van der Waals surface area contributed by atoms with Gasteiger partial charge < -0.3 is 15.4 Å². The summed E-state index contributed by atoms with van der Waals surface area (Å²) >= 11 is 1.70. The highest BCUT2D eigenvalue weighted by molar-refractivity contribution is 7.10. The van der Waals surface area contributed by atoms with E-state index in [1.807, 2.05) is 18.2 Å². The van der Waals surface area contributed by atoms with Gasteiger partial charge in [-0.2, -0.15) is 4.98 Å². The van der Waals surface area contributed by atoms with Gasteiger partial charge in [0.15, 0.2) is 5.82 Å². The van der Waals surface area contributed by atoms with E-state index in [1.54, 1.807) is 23.7 Å². The van der Waals surface area contributed by atoms with Gasteiger partial charge in [-0.1, -0.05) is 0 Å². The Labute approximate surface area is 167 Å². The molecule has 0 atom stereocenters. The first-order valence-corrected chi connectivity index (χ1v) is 8.35. The number of H-pyrrole nitrogens is 1. The maximum absolute atomic E-state index is 10.1. The van der Waals surface area contributed by atoms with E-state index in [0.29, 0.717) is 24.0 Å². The van der Waals surface area contributed by atoms with Crippen LogP contribution in [0, 0.1) is 6.92 Å². The average molecular weight is 410 g/mol. The molecule has 0 amide bonds.